The van der Waals surface area contributed by atoms with Crippen LogP contribution in [-0.4, -0.2) is 34.4 Å². The van der Waals surface area contributed by atoms with Crippen molar-refractivity contribution in [3.63, 3.8) is 0 Å². The van der Waals surface area contributed by atoms with Crippen molar-refractivity contribution >= 4 is 22.7 Å². The van der Waals surface area contributed by atoms with Gasteiger partial charge in [-0.3, -0.25) is 9.59 Å². The summed E-state index contributed by atoms with van der Waals surface area (Å²) in [5.74, 6) is -0.203. The summed E-state index contributed by atoms with van der Waals surface area (Å²) in [6.45, 7) is 4.77. The van der Waals surface area contributed by atoms with Gasteiger partial charge in [-0.05, 0) is 31.0 Å². The fourth-order valence-electron chi connectivity index (χ4n) is 4.21. The number of hydrogen-bond donors (Lipinski definition) is 1. The average molecular weight is 375 g/mol. The minimum atomic E-state index is -0.262. The Balaban J connectivity index is 1.86. The minimum Gasteiger partial charge on any atom is -0.355 e. The molecule has 1 aromatic heterocycles. The molecule has 1 atom stereocenters. The highest BCUT2D eigenvalue weighted by Gasteiger charge is 2.40. The molecule has 0 unspecified atom stereocenters. The van der Waals surface area contributed by atoms with Crippen LogP contribution in [0.2, 0.25) is 0 Å². The molecule has 0 saturated heterocycles. The summed E-state index contributed by atoms with van der Waals surface area (Å²) in [5, 5.41) is 4.02. The van der Waals surface area contributed by atoms with Crippen LogP contribution in [0.4, 0.5) is 0 Å². The zero-order chi connectivity index (χ0) is 19.8. The molecule has 0 radical (unpaired) electrons. The zero-order valence-corrected chi connectivity index (χ0v) is 16.5. The summed E-state index contributed by atoms with van der Waals surface area (Å²) >= 11 is 0. The quantitative estimate of drug-likeness (QED) is 0.741. The van der Waals surface area contributed by atoms with Gasteiger partial charge in [-0.2, -0.15) is 0 Å². The highest BCUT2D eigenvalue weighted by atomic mass is 16.2. The maximum absolute atomic E-state index is 13.2. The Hall–Kier alpha value is -3.08. The van der Waals surface area contributed by atoms with Crippen LogP contribution in [0.3, 0.4) is 0 Å². The van der Waals surface area contributed by atoms with Crippen LogP contribution in [-0.2, 0) is 11.8 Å². The number of hydrogen-bond acceptors (Lipinski definition) is 2. The molecule has 144 valence electrons. The third-order valence-corrected chi connectivity index (χ3v) is 5.67. The summed E-state index contributed by atoms with van der Waals surface area (Å²) in [7, 11) is 2.04. The van der Waals surface area contributed by atoms with Gasteiger partial charge in [0.1, 0.15) is 6.54 Å². The van der Waals surface area contributed by atoms with E-state index in [1.807, 2.05) is 50.4 Å². The van der Waals surface area contributed by atoms with Crippen molar-refractivity contribution in [2.24, 2.45) is 7.05 Å². The van der Waals surface area contributed by atoms with E-state index in [9.17, 15) is 9.59 Å². The van der Waals surface area contributed by atoms with Gasteiger partial charge < -0.3 is 14.8 Å². The Bertz CT molecular complexity index is 1070. The van der Waals surface area contributed by atoms with Gasteiger partial charge in [-0.15, -0.1) is 0 Å². The van der Waals surface area contributed by atoms with Crippen molar-refractivity contribution < 1.29 is 9.59 Å². The number of para-hydroxylation sites is 1. The summed E-state index contributed by atoms with van der Waals surface area (Å²) < 4.78 is 2.16. The predicted molar refractivity (Wildman–Crippen MR) is 110 cm³/mol. The molecule has 2 heterocycles. The lowest BCUT2D eigenvalue weighted by Gasteiger charge is -2.26. The number of carbonyl (C=O) groups is 2. The zero-order valence-electron chi connectivity index (χ0n) is 16.5. The van der Waals surface area contributed by atoms with Gasteiger partial charge in [0.15, 0.2) is 0 Å². The van der Waals surface area contributed by atoms with Crippen LogP contribution in [0.25, 0.3) is 10.9 Å². The van der Waals surface area contributed by atoms with Gasteiger partial charge in [0, 0.05) is 41.3 Å². The van der Waals surface area contributed by atoms with E-state index in [1.54, 1.807) is 4.90 Å². The standard InChI is InChI=1S/C23H25N3O2/c1-4-13-24-20(27)14-26-22(16-9-5-6-10-17(16)23(26)28)21-15(2)25(3)19-12-8-7-11-18(19)21/h5-12,22H,4,13-14H2,1-3H3,(H,24,27)/t22-/m1/s1. The molecule has 5 heteroatoms. The second kappa shape index (κ2) is 7.15. The Morgan fingerprint density at radius 3 is 2.61 bits per heavy atom. The fraction of sp³-hybridized carbons (Fsp3) is 0.304. The number of fused-ring (bicyclic) bond motifs is 2. The minimum absolute atomic E-state index is 0.0564. The largest absolute Gasteiger partial charge is 0.355 e. The first kappa shape index (κ1) is 18.3. The number of nitrogens with zero attached hydrogens (tertiary/aromatic N) is 2. The Kier molecular flexibility index (Phi) is 4.67. The number of nitrogens with one attached hydrogen (secondary N) is 1. The third kappa shape index (κ3) is 2.78. The third-order valence-electron chi connectivity index (χ3n) is 5.67. The first-order valence-electron chi connectivity index (χ1n) is 9.75. The lowest BCUT2D eigenvalue weighted by Crippen LogP contribution is -2.39. The smallest absolute Gasteiger partial charge is 0.255 e. The molecule has 0 saturated carbocycles. The molecule has 0 bridgehead atoms. The summed E-state index contributed by atoms with van der Waals surface area (Å²) in [5.41, 5.74) is 4.98. The van der Waals surface area contributed by atoms with E-state index in [0.717, 1.165) is 34.1 Å². The van der Waals surface area contributed by atoms with Gasteiger partial charge in [0.25, 0.3) is 5.91 Å². The molecule has 1 aliphatic rings. The topological polar surface area (TPSA) is 54.3 Å². The highest BCUT2D eigenvalue weighted by Crippen LogP contribution is 2.43. The number of benzene rings is 2. The number of carbonyl (C=O) groups excluding carboxylic acids is 2. The molecule has 0 fully saturated rings. The molecular weight excluding hydrogens is 350 g/mol. The highest BCUT2D eigenvalue weighted by molar-refractivity contribution is 6.02. The average Bonchev–Trinajstić information content (AvgIpc) is 3.12. The monoisotopic (exact) mass is 375 g/mol. The molecule has 2 amide bonds. The molecule has 0 aliphatic carbocycles. The lowest BCUT2D eigenvalue weighted by molar-refractivity contribution is -0.122. The van der Waals surface area contributed by atoms with E-state index in [0.29, 0.717) is 12.1 Å². The van der Waals surface area contributed by atoms with Crippen LogP contribution >= 0.6 is 0 Å². The summed E-state index contributed by atoms with van der Waals surface area (Å²) in [4.78, 5) is 27.4. The molecule has 0 spiro atoms. The summed E-state index contributed by atoms with van der Waals surface area (Å²) in [6.07, 6.45) is 0.867. The maximum atomic E-state index is 13.2. The molecule has 3 aromatic rings. The van der Waals surface area contributed by atoms with Gasteiger partial charge >= 0.3 is 0 Å². The van der Waals surface area contributed by atoms with Crippen LogP contribution in [0.5, 0.6) is 0 Å². The van der Waals surface area contributed by atoms with E-state index in [1.165, 1.54) is 0 Å². The molecule has 1 aliphatic heterocycles. The van der Waals surface area contributed by atoms with Crippen LogP contribution < -0.4 is 5.32 Å². The predicted octanol–water partition coefficient (Wildman–Crippen LogP) is 3.56. The Morgan fingerprint density at radius 1 is 1.11 bits per heavy atom. The van der Waals surface area contributed by atoms with Crippen molar-refractivity contribution in [1.82, 2.24) is 14.8 Å². The summed E-state index contributed by atoms with van der Waals surface area (Å²) in [6, 6.07) is 15.7. The molecule has 2 aromatic carbocycles. The number of rotatable bonds is 5. The van der Waals surface area contributed by atoms with Crippen molar-refractivity contribution in [3.8, 4) is 0 Å². The lowest BCUT2D eigenvalue weighted by atomic mass is 9.95. The van der Waals surface area contributed by atoms with Crippen LogP contribution in [0.15, 0.2) is 48.5 Å². The molecule has 5 nitrogen and oxygen atoms in total. The van der Waals surface area contributed by atoms with Crippen molar-refractivity contribution in [2.75, 3.05) is 13.1 Å². The number of amides is 2. The van der Waals surface area contributed by atoms with Crippen molar-refractivity contribution in [3.05, 3.63) is 70.9 Å². The Labute approximate surface area is 165 Å². The molecule has 28 heavy (non-hydrogen) atoms. The number of aromatic nitrogens is 1. The second-order valence-corrected chi connectivity index (χ2v) is 7.35. The van der Waals surface area contributed by atoms with Gasteiger partial charge in [-0.25, -0.2) is 0 Å². The normalized spacial score (nSPS) is 15.9. The van der Waals surface area contributed by atoms with Gasteiger partial charge in [0.05, 0.1) is 6.04 Å². The molecule has 4 rings (SSSR count). The first-order chi connectivity index (χ1) is 13.5. The van der Waals surface area contributed by atoms with Crippen molar-refractivity contribution in [2.45, 2.75) is 26.3 Å². The van der Waals surface area contributed by atoms with Crippen molar-refractivity contribution in [1.29, 1.82) is 0 Å². The van der Waals surface area contributed by atoms with Crippen LogP contribution in [0.1, 0.15) is 46.6 Å². The van der Waals surface area contributed by atoms with Gasteiger partial charge in [-0.1, -0.05) is 43.3 Å². The van der Waals surface area contributed by atoms with E-state index >= 15 is 0 Å². The molecular formula is C23H25N3O2. The maximum Gasteiger partial charge on any atom is 0.255 e. The number of aryl methyl sites for hydroxylation is 1. The van der Waals surface area contributed by atoms with E-state index in [4.69, 9.17) is 0 Å². The van der Waals surface area contributed by atoms with E-state index < -0.39 is 0 Å². The van der Waals surface area contributed by atoms with E-state index in [-0.39, 0.29) is 24.4 Å². The Morgan fingerprint density at radius 2 is 1.82 bits per heavy atom. The first-order valence-corrected chi connectivity index (χ1v) is 9.75. The molecule has 1 N–H and O–H groups in total. The van der Waals surface area contributed by atoms with E-state index in [2.05, 4.69) is 28.9 Å². The van der Waals surface area contributed by atoms with Gasteiger partial charge in [0.2, 0.25) is 5.91 Å². The fourth-order valence-corrected chi connectivity index (χ4v) is 4.21. The SMILES string of the molecule is CCCNC(=O)CN1C(=O)c2ccccc2[C@@H]1c1c(C)n(C)c2ccccc12. The van der Waals surface area contributed by atoms with Crippen LogP contribution in [0, 0.1) is 6.92 Å². The second-order valence-electron chi connectivity index (χ2n) is 7.35.